The normalized spacial score (nSPS) is 18.6. The van der Waals surface area contributed by atoms with Gasteiger partial charge in [-0.3, -0.25) is 0 Å². The van der Waals surface area contributed by atoms with Crippen LogP contribution in [-0.4, -0.2) is 48.9 Å². The van der Waals surface area contributed by atoms with E-state index in [4.69, 9.17) is 4.52 Å². The van der Waals surface area contributed by atoms with Crippen molar-refractivity contribution in [1.29, 1.82) is 5.26 Å². The zero-order valence-electron chi connectivity index (χ0n) is 20.1. The quantitative estimate of drug-likeness (QED) is 0.516. The maximum Gasteiger partial charge on any atom is 0.407 e. The molecule has 34 heavy (non-hydrogen) atoms. The molecule has 2 aromatic heterocycles. The van der Waals surface area contributed by atoms with Gasteiger partial charge in [-0.05, 0) is 63.1 Å². The van der Waals surface area contributed by atoms with Gasteiger partial charge in [-0.15, -0.1) is 0 Å². The minimum atomic E-state index is -0.921. The Kier molecular flexibility index (Phi) is 6.87. The van der Waals surface area contributed by atoms with Crippen LogP contribution in [0.3, 0.4) is 0 Å². The lowest BCUT2D eigenvalue weighted by Gasteiger charge is -2.35. The first-order chi connectivity index (χ1) is 16.3. The van der Waals surface area contributed by atoms with E-state index in [2.05, 4.69) is 25.8 Å². The Labute approximate surface area is 199 Å². The van der Waals surface area contributed by atoms with Gasteiger partial charge in [0.2, 0.25) is 5.89 Å². The van der Waals surface area contributed by atoms with Crippen molar-refractivity contribution in [3.05, 3.63) is 41.8 Å². The molecule has 2 atom stereocenters. The van der Waals surface area contributed by atoms with Crippen molar-refractivity contribution in [1.82, 2.24) is 24.6 Å². The molecule has 1 aliphatic carbocycles. The van der Waals surface area contributed by atoms with Gasteiger partial charge in [0.05, 0.1) is 34.4 Å². The second kappa shape index (κ2) is 9.84. The summed E-state index contributed by atoms with van der Waals surface area (Å²) in [5, 5.41) is 23.1. The number of rotatable bonds is 8. The molecule has 1 saturated carbocycles. The molecule has 4 rings (SSSR count). The summed E-state index contributed by atoms with van der Waals surface area (Å²) in [7, 11) is 0. The van der Waals surface area contributed by atoms with E-state index in [-0.39, 0.29) is 0 Å². The minimum absolute atomic E-state index is 0.295. The number of fused-ring (bicyclic) bond motifs is 1. The van der Waals surface area contributed by atoms with E-state index in [1.54, 1.807) is 6.07 Å². The van der Waals surface area contributed by atoms with Crippen LogP contribution in [0.25, 0.3) is 11.0 Å². The average molecular weight is 465 g/mol. The van der Waals surface area contributed by atoms with Gasteiger partial charge in [-0.25, -0.2) is 9.78 Å². The fraction of sp³-hybridized carbons (Fsp3) is 0.560. The molecule has 3 aromatic rings. The average Bonchev–Trinajstić information content (AvgIpc) is 3.46. The highest BCUT2D eigenvalue weighted by Crippen LogP contribution is 2.33. The molecular weight excluding hydrogens is 432 g/mol. The van der Waals surface area contributed by atoms with Crippen molar-refractivity contribution in [2.45, 2.75) is 64.8 Å². The van der Waals surface area contributed by atoms with Crippen LogP contribution in [0.4, 0.5) is 4.79 Å². The number of aromatic nitrogens is 4. The van der Waals surface area contributed by atoms with E-state index in [0.29, 0.717) is 48.6 Å². The number of benzene rings is 1. The van der Waals surface area contributed by atoms with Gasteiger partial charge in [0.15, 0.2) is 5.82 Å². The molecule has 2 unspecified atom stereocenters. The number of nitrogens with zero attached hydrogens (tertiary/aromatic N) is 6. The van der Waals surface area contributed by atoms with E-state index in [1.807, 2.05) is 39.2 Å². The third-order valence-electron chi connectivity index (χ3n) is 6.79. The van der Waals surface area contributed by atoms with Crippen LogP contribution in [0.15, 0.2) is 29.0 Å². The van der Waals surface area contributed by atoms with Crippen molar-refractivity contribution in [3.8, 4) is 6.07 Å². The van der Waals surface area contributed by atoms with Gasteiger partial charge in [-0.1, -0.05) is 18.5 Å². The van der Waals surface area contributed by atoms with Crippen molar-refractivity contribution in [2.75, 3.05) is 13.1 Å². The lowest BCUT2D eigenvalue weighted by atomic mass is 9.80. The van der Waals surface area contributed by atoms with Crippen molar-refractivity contribution >= 4 is 17.1 Å². The molecule has 0 radical (unpaired) electrons. The van der Waals surface area contributed by atoms with Gasteiger partial charge in [0.1, 0.15) is 0 Å². The molecular formula is C25H32N6O3. The molecule has 0 saturated heterocycles. The predicted molar refractivity (Wildman–Crippen MR) is 126 cm³/mol. The van der Waals surface area contributed by atoms with Gasteiger partial charge < -0.3 is 19.1 Å². The molecule has 2 heterocycles. The van der Waals surface area contributed by atoms with Crippen LogP contribution in [0.2, 0.25) is 0 Å². The second-order valence-electron chi connectivity index (χ2n) is 10.0. The Morgan fingerprint density at radius 3 is 2.85 bits per heavy atom. The Morgan fingerprint density at radius 1 is 1.35 bits per heavy atom. The summed E-state index contributed by atoms with van der Waals surface area (Å²) in [6.45, 7) is 7.46. The number of amides is 1. The fourth-order valence-electron chi connectivity index (χ4n) is 5.02. The maximum absolute atomic E-state index is 12.1. The zero-order chi connectivity index (χ0) is 24.3. The van der Waals surface area contributed by atoms with Crippen molar-refractivity contribution in [2.24, 2.45) is 11.8 Å². The highest BCUT2D eigenvalue weighted by molar-refractivity contribution is 5.76. The van der Waals surface area contributed by atoms with E-state index in [1.165, 1.54) is 4.90 Å². The topological polar surface area (TPSA) is 121 Å². The van der Waals surface area contributed by atoms with Crippen LogP contribution in [0.5, 0.6) is 0 Å². The predicted octanol–water partition coefficient (Wildman–Crippen LogP) is 4.62. The largest absolute Gasteiger partial charge is 0.465 e. The molecule has 0 bridgehead atoms. The molecule has 9 nitrogen and oxygen atoms in total. The summed E-state index contributed by atoms with van der Waals surface area (Å²) < 4.78 is 7.54. The molecule has 9 heteroatoms. The summed E-state index contributed by atoms with van der Waals surface area (Å²) in [4.78, 5) is 22.5. The minimum Gasteiger partial charge on any atom is -0.465 e. The molecule has 180 valence electrons. The highest BCUT2D eigenvalue weighted by atomic mass is 16.5. The van der Waals surface area contributed by atoms with E-state index in [9.17, 15) is 15.2 Å². The Hall–Kier alpha value is -3.41. The Morgan fingerprint density at radius 2 is 2.15 bits per heavy atom. The van der Waals surface area contributed by atoms with Gasteiger partial charge in [-0.2, -0.15) is 10.2 Å². The number of carbonyl (C=O) groups is 1. The zero-order valence-corrected chi connectivity index (χ0v) is 20.1. The fourth-order valence-corrected chi connectivity index (χ4v) is 5.02. The van der Waals surface area contributed by atoms with Gasteiger partial charge >= 0.3 is 6.09 Å². The highest BCUT2D eigenvalue weighted by Gasteiger charge is 2.34. The summed E-state index contributed by atoms with van der Waals surface area (Å²) in [6, 6.07) is 7.75. The standard InChI is InChI=1S/C25H32N6O3/c1-4-22-28-23(34-29-22)25(2,3)15-30(24(32)33)13-18-6-5-7-19(10-18)14-31-16-27-20-9-8-17(12-26)11-21(20)31/h8-9,11,16,18-19H,4-7,10,13-15H2,1-3H3,(H,32,33). The lowest BCUT2D eigenvalue weighted by Crippen LogP contribution is -2.43. The molecule has 1 fully saturated rings. The first-order valence-corrected chi connectivity index (χ1v) is 11.9. The second-order valence-corrected chi connectivity index (χ2v) is 10.0. The first kappa shape index (κ1) is 23.7. The molecule has 1 aliphatic rings. The summed E-state index contributed by atoms with van der Waals surface area (Å²) in [5.41, 5.74) is 1.92. The monoisotopic (exact) mass is 464 g/mol. The maximum atomic E-state index is 12.1. The number of hydrogen-bond donors (Lipinski definition) is 1. The Balaban J connectivity index is 1.42. The number of hydrogen-bond acceptors (Lipinski definition) is 6. The third kappa shape index (κ3) is 5.22. The van der Waals surface area contributed by atoms with Crippen LogP contribution >= 0.6 is 0 Å². The number of aryl methyl sites for hydroxylation is 1. The first-order valence-electron chi connectivity index (χ1n) is 11.9. The molecule has 0 aliphatic heterocycles. The molecule has 0 spiro atoms. The smallest absolute Gasteiger partial charge is 0.407 e. The summed E-state index contributed by atoms with van der Waals surface area (Å²) in [5.74, 6) is 1.84. The number of nitriles is 1. The van der Waals surface area contributed by atoms with E-state index < -0.39 is 11.5 Å². The number of imidazole rings is 1. The van der Waals surface area contributed by atoms with Crippen LogP contribution in [0.1, 0.15) is 63.7 Å². The van der Waals surface area contributed by atoms with Crippen LogP contribution in [-0.2, 0) is 18.4 Å². The molecule has 1 amide bonds. The van der Waals surface area contributed by atoms with Crippen molar-refractivity contribution in [3.63, 3.8) is 0 Å². The molecule has 1 aromatic carbocycles. The van der Waals surface area contributed by atoms with Crippen molar-refractivity contribution < 1.29 is 14.4 Å². The van der Waals surface area contributed by atoms with Gasteiger partial charge in [0.25, 0.3) is 0 Å². The van der Waals surface area contributed by atoms with E-state index in [0.717, 1.165) is 43.3 Å². The summed E-state index contributed by atoms with van der Waals surface area (Å²) in [6.07, 6.45) is 5.76. The molecule has 1 N–H and O–H groups in total. The third-order valence-corrected chi connectivity index (χ3v) is 6.79. The van der Waals surface area contributed by atoms with Crippen LogP contribution < -0.4 is 0 Å². The van der Waals surface area contributed by atoms with Gasteiger partial charge in [0, 0.05) is 26.1 Å². The SMILES string of the molecule is CCc1noc(C(C)(C)CN(CC2CCCC(Cn3cnc4ccc(C#N)cc43)C2)C(=O)O)n1. The number of carboxylic acid groups (broad SMARTS) is 1. The van der Waals surface area contributed by atoms with E-state index >= 15 is 0 Å². The summed E-state index contributed by atoms with van der Waals surface area (Å²) >= 11 is 0. The Bertz CT molecular complexity index is 1190. The van der Waals surface area contributed by atoms with Crippen LogP contribution in [0, 0.1) is 23.2 Å². The lowest BCUT2D eigenvalue weighted by molar-refractivity contribution is 0.108.